The summed E-state index contributed by atoms with van der Waals surface area (Å²) in [6.07, 6.45) is 0. The predicted octanol–water partition coefficient (Wildman–Crippen LogP) is 3.21. The summed E-state index contributed by atoms with van der Waals surface area (Å²) in [6.45, 7) is 14.3. The van der Waals surface area contributed by atoms with Crippen LogP contribution >= 0.6 is 0 Å². The maximum Gasteiger partial charge on any atom is -1.00 e. The van der Waals surface area contributed by atoms with Crippen molar-refractivity contribution in [3.63, 3.8) is 0 Å². The maximum atomic E-state index is 2.42. The molecule has 37 heavy (non-hydrogen) atoms. The molecule has 0 amide bonds. The molecular weight excluding hydrogens is 571 g/mol. The quantitative estimate of drug-likeness (QED) is 0.330. The first kappa shape index (κ1) is 28.4. The zero-order valence-corrected chi connectivity index (χ0v) is 26.5. The van der Waals surface area contributed by atoms with Crippen LogP contribution in [0.4, 0.5) is 0 Å². The van der Waals surface area contributed by atoms with Crippen LogP contribution in [0.2, 0.25) is 0 Å². The van der Waals surface area contributed by atoms with Crippen LogP contribution < -0.4 is 24.8 Å². The summed E-state index contributed by atoms with van der Waals surface area (Å²) in [5.41, 5.74) is 15.6. The van der Waals surface area contributed by atoms with Gasteiger partial charge in [-0.2, -0.15) is 0 Å². The van der Waals surface area contributed by atoms with E-state index in [1.807, 2.05) is 0 Å². The van der Waals surface area contributed by atoms with E-state index in [1.165, 1.54) is 33.4 Å². The predicted molar refractivity (Wildman–Crippen MR) is 145 cm³/mol. The van der Waals surface area contributed by atoms with Gasteiger partial charge in [0.05, 0.1) is 0 Å². The summed E-state index contributed by atoms with van der Waals surface area (Å²) in [5, 5.41) is 0. The molecule has 6 rings (SSSR count). The molecule has 0 N–H and O–H groups in total. The van der Waals surface area contributed by atoms with Crippen molar-refractivity contribution in [3.8, 4) is 22.3 Å². The molecule has 3 heteroatoms. The third-order valence-electron chi connectivity index (χ3n) is 7.86. The van der Waals surface area contributed by atoms with E-state index in [4.69, 9.17) is 0 Å². The molecule has 0 bridgehead atoms. The van der Waals surface area contributed by atoms with Crippen molar-refractivity contribution in [1.29, 1.82) is 0 Å². The topological polar surface area (TPSA) is 0 Å². The Kier molecular flexibility index (Phi) is 7.78. The Morgan fingerprint density at radius 2 is 0.811 bits per heavy atom. The van der Waals surface area contributed by atoms with E-state index in [0.29, 0.717) is 7.25 Å². The van der Waals surface area contributed by atoms with Crippen molar-refractivity contribution in [2.75, 3.05) is 0 Å². The van der Waals surface area contributed by atoms with Crippen molar-refractivity contribution in [2.24, 2.45) is 0 Å². The fourth-order valence-electron chi connectivity index (χ4n) is 6.34. The molecule has 4 aromatic rings. The van der Waals surface area contributed by atoms with Gasteiger partial charge in [-0.25, -0.2) is 0 Å². The van der Waals surface area contributed by atoms with Crippen molar-refractivity contribution >= 4 is 0 Å². The summed E-state index contributed by atoms with van der Waals surface area (Å²) in [6, 6.07) is 32.6. The third kappa shape index (κ3) is 4.60. The Hall–Kier alpha value is -1.66. The minimum absolute atomic E-state index is 0. The summed E-state index contributed by atoms with van der Waals surface area (Å²) in [7, 11) is 0. The second kappa shape index (κ2) is 10.1. The van der Waals surface area contributed by atoms with Crippen molar-refractivity contribution in [3.05, 3.63) is 118 Å². The molecule has 0 fully saturated rings. The fraction of sp³-hybridized carbons (Fsp3) is 0.294. The number of hydrogen-bond donors (Lipinski definition) is 0. The number of hydrogen-bond acceptors (Lipinski definition) is 0. The van der Waals surface area contributed by atoms with Gasteiger partial charge in [0.2, 0.25) is 0 Å². The molecule has 2 atom stereocenters. The van der Waals surface area contributed by atoms with E-state index in [1.54, 1.807) is 22.3 Å². The second-order valence-electron chi connectivity index (χ2n) is 12.2. The molecule has 2 aliphatic rings. The number of rotatable bonds is 2. The minimum atomic E-state index is -1.02. The van der Waals surface area contributed by atoms with Gasteiger partial charge in [-0.3, -0.25) is 0 Å². The average molecular weight is 605 g/mol. The first-order chi connectivity index (χ1) is 16.7. The molecule has 0 saturated heterocycles. The molecule has 0 spiro atoms. The normalized spacial score (nSPS) is 16.9. The monoisotopic (exact) mass is 602 g/mol. The average Bonchev–Trinajstić information content (AvgIpc) is 3.32. The van der Waals surface area contributed by atoms with E-state index in [2.05, 4.69) is 126 Å². The van der Waals surface area contributed by atoms with E-state index >= 15 is 0 Å². The zero-order chi connectivity index (χ0) is 24.5. The molecule has 0 radical (unpaired) electrons. The molecule has 0 saturated carbocycles. The smallest absolute Gasteiger partial charge is 1.00 e. The molecule has 0 aromatic heterocycles. The summed E-state index contributed by atoms with van der Waals surface area (Å²) in [4.78, 5) is 0. The summed E-state index contributed by atoms with van der Waals surface area (Å²) in [5.74, 6) is 0. The van der Waals surface area contributed by atoms with Crippen LogP contribution in [0.15, 0.2) is 84.9 Å². The Labute approximate surface area is 246 Å². The Morgan fingerprint density at radius 3 is 1.19 bits per heavy atom. The van der Waals surface area contributed by atoms with Gasteiger partial charge in [0.1, 0.15) is 0 Å². The van der Waals surface area contributed by atoms with Gasteiger partial charge in [0.15, 0.2) is 0 Å². The summed E-state index contributed by atoms with van der Waals surface area (Å²) < 4.78 is 1.13. The zero-order valence-electron chi connectivity index (χ0n) is 22.5. The Balaban J connectivity index is 0.00000160. The van der Waals surface area contributed by atoms with Gasteiger partial charge in [-0.05, 0) is 0 Å². The van der Waals surface area contributed by atoms with Crippen molar-refractivity contribution in [2.45, 2.75) is 59.6 Å². The fourth-order valence-corrected chi connectivity index (χ4v) is 11.6. The molecule has 2 aliphatic carbocycles. The van der Waals surface area contributed by atoms with Crippen LogP contribution in [-0.4, -0.2) is 0 Å². The van der Waals surface area contributed by atoms with Crippen LogP contribution in [0.1, 0.15) is 82.2 Å². The van der Waals surface area contributed by atoms with Crippen molar-refractivity contribution < 1.29 is 48.0 Å². The first-order valence-corrected chi connectivity index (χ1v) is 15.7. The van der Waals surface area contributed by atoms with E-state index in [9.17, 15) is 0 Å². The van der Waals surface area contributed by atoms with Crippen molar-refractivity contribution in [1.82, 2.24) is 0 Å². The van der Waals surface area contributed by atoms with Crippen LogP contribution in [0.25, 0.3) is 22.3 Å². The Bertz CT molecular complexity index is 1340. The van der Waals surface area contributed by atoms with Gasteiger partial charge in [0.25, 0.3) is 0 Å². The van der Waals surface area contributed by atoms with Gasteiger partial charge in [-0.1, -0.05) is 0 Å². The third-order valence-corrected chi connectivity index (χ3v) is 12.4. The van der Waals surface area contributed by atoms with Crippen LogP contribution in [0.5, 0.6) is 0 Å². The molecular formula is C34H34Cl2Zr. The molecule has 0 heterocycles. The van der Waals surface area contributed by atoms with Crippen LogP contribution in [0, 0.1) is 0 Å². The van der Waals surface area contributed by atoms with E-state index in [-0.39, 0.29) is 35.6 Å². The number of benzene rings is 4. The minimum Gasteiger partial charge on any atom is -1.00 e. The van der Waals surface area contributed by atoms with E-state index < -0.39 is 23.2 Å². The SMILES string of the molecule is CC(C)(C)c1cccc2c1[CH]([Zr+2][CH]1c3ccccc3-c3cccc(C(C)(C)C)c31)c1ccccc1-2.[Cl-].[Cl-]. The second-order valence-corrected chi connectivity index (χ2v) is 15.9. The van der Waals surface area contributed by atoms with Gasteiger partial charge < -0.3 is 24.8 Å². The number of fused-ring (bicyclic) bond motifs is 6. The van der Waals surface area contributed by atoms with Crippen LogP contribution in [0.3, 0.4) is 0 Å². The van der Waals surface area contributed by atoms with E-state index in [0.717, 1.165) is 0 Å². The number of halogens is 2. The largest absolute Gasteiger partial charge is 1.00 e. The molecule has 2 unspecified atom stereocenters. The molecule has 188 valence electrons. The molecule has 0 aliphatic heterocycles. The first-order valence-electron chi connectivity index (χ1n) is 12.9. The molecule has 4 aromatic carbocycles. The molecule has 0 nitrogen and oxygen atoms in total. The van der Waals surface area contributed by atoms with Gasteiger partial charge >= 0.3 is 223 Å². The van der Waals surface area contributed by atoms with Crippen LogP contribution in [-0.2, 0) is 34.1 Å². The van der Waals surface area contributed by atoms with Gasteiger partial charge in [0, 0.05) is 0 Å². The Morgan fingerprint density at radius 1 is 0.459 bits per heavy atom. The standard InChI is InChI=1S/2C17H17.2ClH.Zr/c2*1-17(2,3)16-10-6-9-14-13-8-5-4-7-12(13)11-15(14)16;;;/h2*4-11H,1-3H3;2*1H;/q;;;;+2/p-2. The maximum absolute atomic E-state index is 2.42. The summed E-state index contributed by atoms with van der Waals surface area (Å²) >= 11 is -1.02. The van der Waals surface area contributed by atoms with Gasteiger partial charge in [-0.15, -0.1) is 0 Å².